The van der Waals surface area contributed by atoms with Crippen molar-refractivity contribution in [2.45, 2.75) is 45.1 Å². The zero-order valence-corrected chi connectivity index (χ0v) is 12.1. The van der Waals surface area contributed by atoms with E-state index >= 15 is 0 Å². The highest BCUT2D eigenvalue weighted by Crippen LogP contribution is 2.26. The van der Waals surface area contributed by atoms with Crippen LogP contribution in [0.1, 0.15) is 48.0 Å². The minimum Gasteiger partial charge on any atom is -0.508 e. The summed E-state index contributed by atoms with van der Waals surface area (Å²) in [6.07, 6.45) is 5.73. The van der Waals surface area contributed by atoms with Crippen LogP contribution in [0.4, 0.5) is 0 Å². The molecule has 0 radical (unpaired) electrons. The molecule has 1 fully saturated rings. The van der Waals surface area contributed by atoms with Gasteiger partial charge in [0.05, 0.1) is 0 Å². The summed E-state index contributed by atoms with van der Waals surface area (Å²) >= 11 is 0. The molecule has 3 N–H and O–H groups in total. The van der Waals surface area contributed by atoms with E-state index in [1.807, 2.05) is 4.90 Å². The lowest BCUT2D eigenvalue weighted by molar-refractivity contribution is 0.0640. The first kappa shape index (κ1) is 14.9. The molecule has 20 heavy (non-hydrogen) atoms. The van der Waals surface area contributed by atoms with Crippen molar-refractivity contribution in [3.8, 4) is 5.75 Å². The van der Waals surface area contributed by atoms with Gasteiger partial charge in [-0.3, -0.25) is 4.79 Å². The smallest absolute Gasteiger partial charge is 0.254 e. The number of nitrogens with two attached hydrogens (primary N) is 1. The average Bonchev–Trinajstić information content (AvgIpc) is 2.48. The van der Waals surface area contributed by atoms with Gasteiger partial charge in [-0.25, -0.2) is 0 Å². The molecule has 2 rings (SSSR count). The lowest BCUT2D eigenvalue weighted by Crippen LogP contribution is -2.44. The van der Waals surface area contributed by atoms with Gasteiger partial charge in [-0.05, 0) is 31.9 Å². The van der Waals surface area contributed by atoms with Gasteiger partial charge in [0, 0.05) is 30.3 Å². The van der Waals surface area contributed by atoms with E-state index in [9.17, 15) is 9.90 Å². The summed E-state index contributed by atoms with van der Waals surface area (Å²) < 4.78 is 0. The normalized spacial score (nSPS) is 16.1. The second kappa shape index (κ2) is 6.75. The van der Waals surface area contributed by atoms with Gasteiger partial charge >= 0.3 is 0 Å². The minimum absolute atomic E-state index is 0.00394. The molecule has 4 nitrogen and oxygen atoms in total. The summed E-state index contributed by atoms with van der Waals surface area (Å²) in [7, 11) is 0. The third kappa shape index (κ3) is 3.12. The molecule has 0 saturated heterocycles. The molecule has 1 aromatic carbocycles. The predicted octanol–water partition coefficient (Wildman–Crippen LogP) is 2.43. The number of phenols is 1. The van der Waals surface area contributed by atoms with Crippen LogP contribution < -0.4 is 5.73 Å². The number of carbonyl (C=O) groups excluding carboxylic acids is 1. The molecule has 0 heterocycles. The highest BCUT2D eigenvalue weighted by atomic mass is 16.3. The quantitative estimate of drug-likeness (QED) is 0.887. The van der Waals surface area contributed by atoms with E-state index in [4.69, 9.17) is 5.73 Å². The molecule has 1 amide bonds. The summed E-state index contributed by atoms with van der Waals surface area (Å²) in [5.74, 6) is 0.169. The van der Waals surface area contributed by atoms with E-state index in [1.54, 1.807) is 25.1 Å². The number of rotatable bonds is 4. The molecule has 0 atom stereocenters. The largest absolute Gasteiger partial charge is 0.508 e. The second-order valence-electron chi connectivity index (χ2n) is 5.53. The summed E-state index contributed by atoms with van der Waals surface area (Å²) in [6.45, 7) is 2.84. The van der Waals surface area contributed by atoms with Gasteiger partial charge in [-0.15, -0.1) is 0 Å². The average molecular weight is 276 g/mol. The van der Waals surface area contributed by atoms with Gasteiger partial charge in [0.2, 0.25) is 0 Å². The highest BCUT2D eigenvalue weighted by molar-refractivity contribution is 5.96. The fourth-order valence-electron chi connectivity index (χ4n) is 2.99. The van der Waals surface area contributed by atoms with Crippen LogP contribution >= 0.6 is 0 Å². The first-order valence-electron chi connectivity index (χ1n) is 7.44. The monoisotopic (exact) mass is 276 g/mol. The Kier molecular flexibility index (Phi) is 5.01. The van der Waals surface area contributed by atoms with Crippen LogP contribution in [0.15, 0.2) is 18.2 Å². The Hall–Kier alpha value is -1.55. The standard InChI is InChI=1S/C16H24N2O2/c1-12-14(8-5-9-15(12)19)16(20)18(11-10-17)13-6-3-2-4-7-13/h5,8-9,13,19H,2-4,6-7,10-11,17H2,1H3. The molecule has 0 aliphatic heterocycles. The number of carbonyl (C=O) groups is 1. The molecule has 0 unspecified atom stereocenters. The lowest BCUT2D eigenvalue weighted by atomic mass is 9.93. The Morgan fingerprint density at radius 2 is 2.05 bits per heavy atom. The maximum atomic E-state index is 12.8. The first-order valence-corrected chi connectivity index (χ1v) is 7.44. The third-order valence-corrected chi connectivity index (χ3v) is 4.18. The number of hydrogen-bond donors (Lipinski definition) is 2. The van der Waals surface area contributed by atoms with Gasteiger partial charge in [0.15, 0.2) is 0 Å². The number of amides is 1. The predicted molar refractivity (Wildman–Crippen MR) is 79.8 cm³/mol. The van der Waals surface area contributed by atoms with Gasteiger partial charge in [-0.2, -0.15) is 0 Å². The fourth-order valence-corrected chi connectivity index (χ4v) is 2.99. The van der Waals surface area contributed by atoms with E-state index in [0.717, 1.165) is 12.8 Å². The SMILES string of the molecule is Cc1c(O)cccc1C(=O)N(CCN)C1CCCCC1. The maximum absolute atomic E-state index is 12.8. The van der Waals surface area contributed by atoms with E-state index in [2.05, 4.69) is 0 Å². The summed E-state index contributed by atoms with van der Waals surface area (Å²) in [5, 5.41) is 9.78. The van der Waals surface area contributed by atoms with Gasteiger partial charge in [-0.1, -0.05) is 25.3 Å². The number of aromatic hydroxyl groups is 1. The third-order valence-electron chi connectivity index (χ3n) is 4.18. The van der Waals surface area contributed by atoms with Crippen molar-refractivity contribution in [3.05, 3.63) is 29.3 Å². The number of nitrogens with zero attached hydrogens (tertiary/aromatic N) is 1. The van der Waals surface area contributed by atoms with Crippen molar-refractivity contribution in [1.29, 1.82) is 0 Å². The second-order valence-corrected chi connectivity index (χ2v) is 5.53. The van der Waals surface area contributed by atoms with Crippen molar-refractivity contribution in [1.82, 2.24) is 4.90 Å². The zero-order chi connectivity index (χ0) is 14.5. The minimum atomic E-state index is -0.00394. The van der Waals surface area contributed by atoms with E-state index in [-0.39, 0.29) is 11.7 Å². The number of benzene rings is 1. The van der Waals surface area contributed by atoms with Gasteiger partial charge < -0.3 is 15.7 Å². The van der Waals surface area contributed by atoms with Crippen molar-refractivity contribution in [3.63, 3.8) is 0 Å². The van der Waals surface area contributed by atoms with Crippen LogP contribution in [-0.4, -0.2) is 35.0 Å². The van der Waals surface area contributed by atoms with Crippen molar-refractivity contribution in [2.24, 2.45) is 5.73 Å². The number of hydrogen-bond acceptors (Lipinski definition) is 3. The Morgan fingerprint density at radius 3 is 2.70 bits per heavy atom. The molecule has 1 aliphatic carbocycles. The summed E-state index contributed by atoms with van der Waals surface area (Å²) in [6, 6.07) is 5.40. The number of phenolic OH excluding ortho intramolecular Hbond substituents is 1. The zero-order valence-electron chi connectivity index (χ0n) is 12.1. The maximum Gasteiger partial charge on any atom is 0.254 e. The van der Waals surface area contributed by atoms with Crippen LogP contribution in [0.2, 0.25) is 0 Å². The Morgan fingerprint density at radius 1 is 1.35 bits per heavy atom. The van der Waals surface area contributed by atoms with Crippen LogP contribution in [-0.2, 0) is 0 Å². The lowest BCUT2D eigenvalue weighted by Gasteiger charge is -2.34. The van der Waals surface area contributed by atoms with Crippen LogP contribution in [0, 0.1) is 6.92 Å². The molecule has 1 aromatic rings. The fraction of sp³-hybridized carbons (Fsp3) is 0.562. The Labute approximate surface area is 120 Å². The first-order chi connectivity index (χ1) is 9.65. The van der Waals surface area contributed by atoms with E-state index in [1.165, 1.54) is 19.3 Å². The summed E-state index contributed by atoms with van der Waals surface area (Å²) in [4.78, 5) is 14.7. The van der Waals surface area contributed by atoms with E-state index < -0.39 is 0 Å². The Balaban J connectivity index is 2.23. The topological polar surface area (TPSA) is 66.6 Å². The van der Waals surface area contributed by atoms with Crippen molar-refractivity contribution >= 4 is 5.91 Å². The molecule has 0 bridgehead atoms. The molecule has 1 saturated carbocycles. The molecule has 110 valence electrons. The molecule has 4 heteroatoms. The van der Waals surface area contributed by atoms with Gasteiger partial charge in [0.1, 0.15) is 5.75 Å². The van der Waals surface area contributed by atoms with Crippen LogP contribution in [0.3, 0.4) is 0 Å². The van der Waals surface area contributed by atoms with E-state index in [0.29, 0.717) is 30.3 Å². The molecule has 0 aromatic heterocycles. The summed E-state index contributed by atoms with van der Waals surface area (Å²) in [5.41, 5.74) is 6.91. The highest BCUT2D eigenvalue weighted by Gasteiger charge is 2.26. The Bertz CT molecular complexity index is 468. The van der Waals surface area contributed by atoms with Gasteiger partial charge in [0.25, 0.3) is 5.91 Å². The van der Waals surface area contributed by atoms with Crippen LogP contribution in [0.25, 0.3) is 0 Å². The molecule has 1 aliphatic rings. The molecular formula is C16H24N2O2. The van der Waals surface area contributed by atoms with Crippen molar-refractivity contribution in [2.75, 3.05) is 13.1 Å². The molecular weight excluding hydrogens is 252 g/mol. The molecule has 0 spiro atoms. The van der Waals surface area contributed by atoms with Crippen molar-refractivity contribution < 1.29 is 9.90 Å². The van der Waals surface area contributed by atoms with Crippen LogP contribution in [0.5, 0.6) is 5.75 Å².